The normalized spacial score (nSPS) is 21.6. The summed E-state index contributed by atoms with van der Waals surface area (Å²) in [5, 5.41) is 3.71. The number of likely N-dealkylation sites (N-methyl/N-ethyl adjacent to an activating group) is 1. The van der Waals surface area contributed by atoms with Gasteiger partial charge >= 0.3 is 0 Å². The van der Waals surface area contributed by atoms with Crippen molar-refractivity contribution >= 4 is 0 Å². The molecule has 2 heteroatoms. The lowest BCUT2D eigenvalue weighted by Crippen LogP contribution is -2.38. The van der Waals surface area contributed by atoms with E-state index in [0.717, 1.165) is 12.6 Å². The molecule has 1 aromatic rings. The van der Waals surface area contributed by atoms with Crippen LogP contribution in [0.15, 0.2) is 24.3 Å². The van der Waals surface area contributed by atoms with Crippen LogP contribution in [0.1, 0.15) is 63.6 Å². The zero-order valence-corrected chi connectivity index (χ0v) is 13.5. The van der Waals surface area contributed by atoms with E-state index in [0.29, 0.717) is 12.0 Å². The van der Waals surface area contributed by atoms with Crippen molar-refractivity contribution in [2.45, 2.75) is 58.5 Å². The summed E-state index contributed by atoms with van der Waals surface area (Å²) in [7, 11) is 0. The molecule has 1 fully saturated rings. The molecule has 0 bridgehead atoms. The molecule has 0 aromatic heterocycles. The van der Waals surface area contributed by atoms with E-state index in [1.54, 1.807) is 0 Å². The molecule has 0 amide bonds. The van der Waals surface area contributed by atoms with Gasteiger partial charge in [-0.05, 0) is 49.9 Å². The van der Waals surface area contributed by atoms with Crippen LogP contribution < -0.4 is 5.32 Å². The second-order valence-corrected chi connectivity index (χ2v) is 6.38. The predicted molar refractivity (Wildman–Crippen MR) is 87.2 cm³/mol. The van der Waals surface area contributed by atoms with Crippen molar-refractivity contribution in [1.82, 2.24) is 10.2 Å². The summed E-state index contributed by atoms with van der Waals surface area (Å²) in [5.74, 6) is 0.615. The van der Waals surface area contributed by atoms with Crippen molar-refractivity contribution < 1.29 is 0 Å². The van der Waals surface area contributed by atoms with E-state index in [4.69, 9.17) is 0 Å². The van der Waals surface area contributed by atoms with Crippen molar-refractivity contribution in [1.29, 1.82) is 0 Å². The quantitative estimate of drug-likeness (QED) is 0.845. The molecule has 1 N–H and O–H groups in total. The second-order valence-electron chi connectivity index (χ2n) is 6.38. The number of rotatable bonds is 6. The highest BCUT2D eigenvalue weighted by Crippen LogP contribution is 2.20. The highest BCUT2D eigenvalue weighted by Gasteiger charge is 2.22. The van der Waals surface area contributed by atoms with Gasteiger partial charge in [0.1, 0.15) is 0 Å². The molecule has 112 valence electrons. The summed E-state index contributed by atoms with van der Waals surface area (Å²) in [6.45, 7) is 12.6. The van der Waals surface area contributed by atoms with E-state index >= 15 is 0 Å². The third-order valence-electron chi connectivity index (χ3n) is 4.67. The van der Waals surface area contributed by atoms with Crippen molar-refractivity contribution in [2.24, 2.45) is 0 Å². The molecule has 0 aliphatic carbocycles. The first kappa shape index (κ1) is 15.5. The fraction of sp³-hybridized carbons (Fsp3) is 0.667. The van der Waals surface area contributed by atoms with Crippen LogP contribution in [0, 0.1) is 0 Å². The summed E-state index contributed by atoms with van der Waals surface area (Å²) < 4.78 is 0. The van der Waals surface area contributed by atoms with E-state index in [1.807, 2.05) is 0 Å². The molecule has 1 aromatic carbocycles. The summed E-state index contributed by atoms with van der Waals surface area (Å²) in [6, 6.07) is 10.3. The standard InChI is InChI=1S/C18H30N2/c1-5-20-12-6-7-18(20)13-19-15(4)17-10-8-16(9-11-17)14(2)3/h8-11,14-15,18-19H,5-7,12-13H2,1-4H3. The summed E-state index contributed by atoms with van der Waals surface area (Å²) in [6.07, 6.45) is 2.71. The molecule has 0 saturated carbocycles. The van der Waals surface area contributed by atoms with Crippen molar-refractivity contribution in [3.8, 4) is 0 Å². The number of likely N-dealkylation sites (tertiary alicyclic amines) is 1. The minimum Gasteiger partial charge on any atom is -0.309 e. The van der Waals surface area contributed by atoms with Gasteiger partial charge in [-0.3, -0.25) is 4.90 Å². The van der Waals surface area contributed by atoms with Crippen molar-refractivity contribution in [3.63, 3.8) is 0 Å². The van der Waals surface area contributed by atoms with Crippen LogP contribution in [0.3, 0.4) is 0 Å². The van der Waals surface area contributed by atoms with Gasteiger partial charge in [-0.2, -0.15) is 0 Å². The van der Waals surface area contributed by atoms with Gasteiger partial charge in [-0.1, -0.05) is 45.0 Å². The van der Waals surface area contributed by atoms with E-state index in [2.05, 4.69) is 62.2 Å². The van der Waals surface area contributed by atoms with Crippen molar-refractivity contribution in [2.75, 3.05) is 19.6 Å². The highest BCUT2D eigenvalue weighted by atomic mass is 15.2. The number of hydrogen-bond donors (Lipinski definition) is 1. The third kappa shape index (κ3) is 3.83. The Morgan fingerprint density at radius 1 is 1.15 bits per heavy atom. The number of nitrogens with one attached hydrogen (secondary N) is 1. The average Bonchev–Trinajstić information content (AvgIpc) is 2.92. The molecule has 20 heavy (non-hydrogen) atoms. The topological polar surface area (TPSA) is 15.3 Å². The van der Waals surface area contributed by atoms with Gasteiger partial charge in [0.25, 0.3) is 0 Å². The lowest BCUT2D eigenvalue weighted by molar-refractivity contribution is 0.255. The fourth-order valence-corrected chi connectivity index (χ4v) is 3.14. The van der Waals surface area contributed by atoms with Crippen LogP contribution in [-0.2, 0) is 0 Å². The fourth-order valence-electron chi connectivity index (χ4n) is 3.14. The number of benzene rings is 1. The molecule has 0 radical (unpaired) electrons. The molecular weight excluding hydrogens is 244 g/mol. The Hall–Kier alpha value is -0.860. The van der Waals surface area contributed by atoms with Crippen LogP contribution in [0.2, 0.25) is 0 Å². The van der Waals surface area contributed by atoms with E-state index in [9.17, 15) is 0 Å². The monoisotopic (exact) mass is 274 g/mol. The maximum atomic E-state index is 3.71. The van der Waals surface area contributed by atoms with Gasteiger partial charge in [-0.15, -0.1) is 0 Å². The molecule has 1 aliphatic rings. The van der Waals surface area contributed by atoms with Crippen LogP contribution in [0.5, 0.6) is 0 Å². The summed E-state index contributed by atoms with van der Waals surface area (Å²) >= 11 is 0. The van der Waals surface area contributed by atoms with E-state index < -0.39 is 0 Å². The lowest BCUT2D eigenvalue weighted by atomic mass is 9.99. The lowest BCUT2D eigenvalue weighted by Gasteiger charge is -2.25. The Labute approximate surface area is 124 Å². The molecule has 1 aliphatic heterocycles. The Morgan fingerprint density at radius 2 is 1.80 bits per heavy atom. The second kappa shape index (κ2) is 7.24. The first-order valence-electron chi connectivity index (χ1n) is 8.19. The van der Waals surface area contributed by atoms with Gasteiger partial charge in [0.2, 0.25) is 0 Å². The van der Waals surface area contributed by atoms with E-state index in [-0.39, 0.29) is 0 Å². The predicted octanol–water partition coefficient (Wildman–Crippen LogP) is 3.94. The molecule has 2 atom stereocenters. The van der Waals surface area contributed by atoms with Gasteiger partial charge in [-0.25, -0.2) is 0 Å². The van der Waals surface area contributed by atoms with Crippen molar-refractivity contribution in [3.05, 3.63) is 35.4 Å². The smallest absolute Gasteiger partial charge is 0.0292 e. The van der Waals surface area contributed by atoms with Gasteiger partial charge < -0.3 is 5.32 Å². The molecule has 0 spiro atoms. The molecular formula is C18H30N2. The Morgan fingerprint density at radius 3 is 2.40 bits per heavy atom. The maximum absolute atomic E-state index is 3.71. The van der Waals surface area contributed by atoms with Crippen LogP contribution in [0.4, 0.5) is 0 Å². The van der Waals surface area contributed by atoms with Gasteiger partial charge in [0.15, 0.2) is 0 Å². The SMILES string of the molecule is CCN1CCCC1CNC(C)c1ccc(C(C)C)cc1. The van der Waals surface area contributed by atoms with E-state index in [1.165, 1.54) is 37.1 Å². The molecule has 2 nitrogen and oxygen atoms in total. The summed E-state index contributed by atoms with van der Waals surface area (Å²) in [5.41, 5.74) is 2.82. The van der Waals surface area contributed by atoms with Gasteiger partial charge in [0.05, 0.1) is 0 Å². The largest absolute Gasteiger partial charge is 0.309 e. The Bertz CT molecular complexity index is 396. The van der Waals surface area contributed by atoms with Crippen LogP contribution in [0.25, 0.3) is 0 Å². The molecule has 2 unspecified atom stereocenters. The molecule has 2 rings (SSSR count). The molecule has 1 saturated heterocycles. The third-order valence-corrected chi connectivity index (χ3v) is 4.67. The zero-order chi connectivity index (χ0) is 14.5. The minimum absolute atomic E-state index is 0.440. The molecule has 1 heterocycles. The summed E-state index contributed by atoms with van der Waals surface area (Å²) in [4.78, 5) is 2.60. The zero-order valence-electron chi connectivity index (χ0n) is 13.5. The Balaban J connectivity index is 1.86. The van der Waals surface area contributed by atoms with Gasteiger partial charge in [0, 0.05) is 18.6 Å². The number of nitrogens with zero attached hydrogens (tertiary/aromatic N) is 1. The minimum atomic E-state index is 0.440. The highest BCUT2D eigenvalue weighted by molar-refractivity contribution is 5.26. The van der Waals surface area contributed by atoms with Crippen LogP contribution >= 0.6 is 0 Å². The first-order valence-corrected chi connectivity index (χ1v) is 8.19. The van der Waals surface area contributed by atoms with Crippen LogP contribution in [-0.4, -0.2) is 30.6 Å². The maximum Gasteiger partial charge on any atom is 0.0292 e. The number of hydrogen-bond acceptors (Lipinski definition) is 2. The average molecular weight is 274 g/mol. The first-order chi connectivity index (χ1) is 9.61. The Kier molecular flexibility index (Phi) is 5.62.